The van der Waals surface area contributed by atoms with Crippen LogP contribution in [0.15, 0.2) is 53.6 Å². The molecule has 1 aliphatic rings. The molecule has 0 saturated heterocycles. The Kier molecular flexibility index (Phi) is 5.30. The van der Waals surface area contributed by atoms with Crippen molar-refractivity contribution in [2.24, 2.45) is 0 Å². The van der Waals surface area contributed by atoms with Crippen LogP contribution in [0.2, 0.25) is 0 Å². The first-order chi connectivity index (χ1) is 14.1. The highest BCUT2D eigenvalue weighted by molar-refractivity contribution is 5.78. The van der Waals surface area contributed by atoms with Gasteiger partial charge in [-0.2, -0.15) is 0 Å². The van der Waals surface area contributed by atoms with Crippen LogP contribution in [0.3, 0.4) is 0 Å². The normalized spacial score (nSPS) is 13.3. The van der Waals surface area contributed by atoms with Crippen LogP contribution in [-0.4, -0.2) is 46.6 Å². The number of nitrogens with zero attached hydrogens (tertiary/aromatic N) is 2. The summed E-state index contributed by atoms with van der Waals surface area (Å²) in [6, 6.07) is 12.0. The number of aliphatic hydroxyl groups is 1. The fourth-order valence-electron chi connectivity index (χ4n) is 2.88. The summed E-state index contributed by atoms with van der Waals surface area (Å²) in [4.78, 5) is 28.7. The molecular weight excluding hydrogens is 378 g/mol. The van der Waals surface area contributed by atoms with Crippen LogP contribution >= 0.6 is 0 Å². The third kappa shape index (κ3) is 4.30. The molecule has 9 nitrogen and oxygen atoms in total. The number of aromatic nitrogens is 2. The Morgan fingerprint density at radius 1 is 1.24 bits per heavy atom. The second kappa shape index (κ2) is 8.19. The fourth-order valence-corrected chi connectivity index (χ4v) is 2.88. The van der Waals surface area contributed by atoms with Crippen molar-refractivity contribution in [3.05, 3.63) is 59.1 Å². The Labute approximate surface area is 165 Å². The van der Waals surface area contributed by atoms with Crippen LogP contribution in [0.25, 0.3) is 10.9 Å². The maximum Gasteiger partial charge on any atom is 0.261 e. The van der Waals surface area contributed by atoms with Crippen LogP contribution in [0, 0.1) is 0 Å². The lowest BCUT2D eigenvalue weighted by Gasteiger charge is -2.14. The van der Waals surface area contributed by atoms with Crippen LogP contribution in [-0.2, 0) is 11.3 Å². The summed E-state index contributed by atoms with van der Waals surface area (Å²) < 4.78 is 17.2. The number of fused-ring (bicyclic) bond motifs is 2. The van der Waals surface area contributed by atoms with Crippen molar-refractivity contribution in [3.8, 4) is 17.2 Å². The summed E-state index contributed by atoms with van der Waals surface area (Å²) in [5.74, 6) is 1.34. The predicted molar refractivity (Wildman–Crippen MR) is 103 cm³/mol. The summed E-state index contributed by atoms with van der Waals surface area (Å²) in [5.41, 5.74) is 0.280. The van der Waals surface area contributed by atoms with Gasteiger partial charge >= 0.3 is 0 Å². The highest BCUT2D eigenvalue weighted by atomic mass is 16.7. The molecule has 0 spiro atoms. The van der Waals surface area contributed by atoms with Crippen molar-refractivity contribution in [2.75, 3.05) is 19.9 Å². The monoisotopic (exact) mass is 397 g/mol. The summed E-state index contributed by atoms with van der Waals surface area (Å²) >= 11 is 0. The fraction of sp³-hybridized carbons (Fsp3) is 0.250. The lowest BCUT2D eigenvalue weighted by Crippen LogP contribution is -2.38. The van der Waals surface area contributed by atoms with E-state index in [1.807, 2.05) is 0 Å². The van der Waals surface area contributed by atoms with E-state index in [4.69, 9.17) is 14.2 Å². The van der Waals surface area contributed by atoms with E-state index in [1.165, 1.54) is 10.9 Å². The van der Waals surface area contributed by atoms with Gasteiger partial charge in [0.2, 0.25) is 12.7 Å². The molecule has 1 unspecified atom stereocenters. The molecule has 0 radical (unpaired) electrons. The minimum Gasteiger partial charge on any atom is -0.491 e. The molecule has 0 aliphatic carbocycles. The Hall–Kier alpha value is -3.59. The molecule has 0 bridgehead atoms. The molecule has 3 aromatic rings. The third-order valence-electron chi connectivity index (χ3n) is 4.37. The van der Waals surface area contributed by atoms with Gasteiger partial charge in [-0.25, -0.2) is 4.98 Å². The molecule has 150 valence electrons. The maximum atomic E-state index is 12.4. The van der Waals surface area contributed by atoms with Crippen molar-refractivity contribution in [1.82, 2.24) is 14.9 Å². The average Bonchev–Trinajstić information content (AvgIpc) is 3.21. The number of aliphatic hydroxyl groups excluding tert-OH is 1. The predicted octanol–water partition coefficient (Wildman–Crippen LogP) is 0.681. The smallest absolute Gasteiger partial charge is 0.261 e. The number of amides is 1. The number of nitrogens with one attached hydrogen (secondary N) is 1. The Bertz CT molecular complexity index is 1100. The van der Waals surface area contributed by atoms with E-state index < -0.39 is 12.0 Å². The number of carbonyl (C=O) groups excluding carboxylic acids is 1. The lowest BCUT2D eigenvalue weighted by atomic mass is 10.2. The van der Waals surface area contributed by atoms with Gasteiger partial charge < -0.3 is 24.6 Å². The van der Waals surface area contributed by atoms with Crippen molar-refractivity contribution < 1.29 is 24.1 Å². The largest absolute Gasteiger partial charge is 0.491 e. The van der Waals surface area contributed by atoms with E-state index in [0.717, 1.165) is 0 Å². The standard InChI is InChI=1S/C20H19N3O6/c24-13(10-27-14-5-6-17-18(7-14)29-12-28-17)8-21-19(25)9-23-11-22-16-4-2-1-3-15(16)20(23)26/h1-7,11,13,24H,8-10,12H2,(H,21,25). The van der Waals surface area contributed by atoms with Gasteiger partial charge in [-0.3, -0.25) is 14.2 Å². The SMILES string of the molecule is O=C(Cn1cnc2ccccc2c1=O)NCC(O)COc1ccc2c(c1)OCO2. The lowest BCUT2D eigenvalue weighted by molar-refractivity contribution is -0.122. The zero-order valence-corrected chi connectivity index (χ0v) is 15.4. The summed E-state index contributed by atoms with van der Waals surface area (Å²) in [5, 5.41) is 13.1. The zero-order chi connectivity index (χ0) is 20.2. The second-order valence-corrected chi connectivity index (χ2v) is 6.48. The second-order valence-electron chi connectivity index (χ2n) is 6.48. The first-order valence-electron chi connectivity index (χ1n) is 9.01. The van der Waals surface area contributed by atoms with Crippen LogP contribution < -0.4 is 25.1 Å². The van der Waals surface area contributed by atoms with Crippen LogP contribution in [0.1, 0.15) is 0 Å². The van der Waals surface area contributed by atoms with E-state index in [1.54, 1.807) is 42.5 Å². The van der Waals surface area contributed by atoms with Crippen molar-refractivity contribution in [2.45, 2.75) is 12.6 Å². The molecule has 9 heteroatoms. The number of rotatable bonds is 7. The Balaban J connectivity index is 1.27. The molecule has 0 saturated carbocycles. The van der Waals surface area contributed by atoms with Crippen molar-refractivity contribution in [1.29, 1.82) is 0 Å². The molecular formula is C20H19N3O6. The summed E-state index contributed by atoms with van der Waals surface area (Å²) in [7, 11) is 0. The van der Waals surface area contributed by atoms with Gasteiger partial charge in [0.25, 0.3) is 5.56 Å². The number of para-hydroxylation sites is 1. The first kappa shape index (κ1) is 18.8. The molecule has 2 aromatic carbocycles. The zero-order valence-electron chi connectivity index (χ0n) is 15.4. The van der Waals surface area contributed by atoms with Gasteiger partial charge in [0.1, 0.15) is 25.0 Å². The Morgan fingerprint density at radius 3 is 2.97 bits per heavy atom. The molecule has 1 atom stereocenters. The highest BCUT2D eigenvalue weighted by Gasteiger charge is 2.15. The minimum atomic E-state index is -0.921. The van der Waals surface area contributed by atoms with E-state index in [9.17, 15) is 14.7 Å². The van der Waals surface area contributed by atoms with E-state index in [2.05, 4.69) is 10.3 Å². The highest BCUT2D eigenvalue weighted by Crippen LogP contribution is 2.35. The topological polar surface area (TPSA) is 112 Å². The van der Waals surface area contributed by atoms with E-state index in [0.29, 0.717) is 28.2 Å². The van der Waals surface area contributed by atoms with Gasteiger partial charge in [0.05, 0.1) is 17.2 Å². The molecule has 2 N–H and O–H groups in total. The number of hydrogen-bond donors (Lipinski definition) is 2. The number of benzene rings is 2. The number of hydrogen-bond acceptors (Lipinski definition) is 7. The molecule has 1 aliphatic heterocycles. The number of ether oxygens (including phenoxy) is 3. The molecule has 1 amide bonds. The van der Waals surface area contributed by atoms with E-state index in [-0.39, 0.29) is 32.0 Å². The molecule has 4 rings (SSSR count). The maximum absolute atomic E-state index is 12.4. The molecule has 1 aromatic heterocycles. The van der Waals surface area contributed by atoms with Gasteiger partial charge in [0, 0.05) is 12.6 Å². The van der Waals surface area contributed by atoms with Crippen LogP contribution in [0.5, 0.6) is 17.2 Å². The Morgan fingerprint density at radius 2 is 2.07 bits per heavy atom. The summed E-state index contributed by atoms with van der Waals surface area (Å²) in [6.07, 6.45) is 0.416. The molecule has 29 heavy (non-hydrogen) atoms. The van der Waals surface area contributed by atoms with Crippen molar-refractivity contribution in [3.63, 3.8) is 0 Å². The van der Waals surface area contributed by atoms with E-state index >= 15 is 0 Å². The van der Waals surface area contributed by atoms with Crippen molar-refractivity contribution >= 4 is 16.8 Å². The third-order valence-corrected chi connectivity index (χ3v) is 4.37. The molecule has 2 heterocycles. The summed E-state index contributed by atoms with van der Waals surface area (Å²) in [6.45, 7) is -0.0494. The number of carbonyl (C=O) groups is 1. The first-order valence-corrected chi connectivity index (χ1v) is 9.01. The van der Waals surface area contributed by atoms with Gasteiger partial charge in [-0.05, 0) is 24.3 Å². The quantitative estimate of drug-likeness (QED) is 0.603. The van der Waals surface area contributed by atoms with Gasteiger partial charge in [-0.1, -0.05) is 12.1 Å². The van der Waals surface area contributed by atoms with Crippen LogP contribution in [0.4, 0.5) is 0 Å². The molecule has 0 fully saturated rings. The minimum absolute atomic E-state index is 0.0147. The van der Waals surface area contributed by atoms with Gasteiger partial charge in [-0.15, -0.1) is 0 Å². The average molecular weight is 397 g/mol. The van der Waals surface area contributed by atoms with Gasteiger partial charge in [0.15, 0.2) is 11.5 Å².